The first-order valence-corrected chi connectivity index (χ1v) is 6.68. The number of nitrogens with one attached hydrogen (secondary N) is 1. The molecule has 0 radical (unpaired) electrons. The Morgan fingerprint density at radius 3 is 3.00 bits per heavy atom. The lowest BCUT2D eigenvalue weighted by molar-refractivity contribution is -0.123. The van der Waals surface area contributed by atoms with Crippen molar-refractivity contribution in [1.29, 1.82) is 0 Å². The third kappa shape index (κ3) is 3.53. The number of carbonyl (C=O) groups excluding carboxylic acids is 1. The molecule has 106 valence electrons. The summed E-state index contributed by atoms with van der Waals surface area (Å²) in [7, 11) is 1.69. The highest BCUT2D eigenvalue weighted by molar-refractivity contribution is 5.82. The van der Waals surface area contributed by atoms with Gasteiger partial charge in [-0.05, 0) is 18.3 Å². The van der Waals surface area contributed by atoms with Crippen LogP contribution in [-0.4, -0.2) is 34.4 Å². The Morgan fingerprint density at radius 2 is 2.37 bits per heavy atom. The molecular formula is C13H22N4O2. The lowest BCUT2D eigenvalue weighted by Crippen LogP contribution is -2.27. The van der Waals surface area contributed by atoms with Crippen LogP contribution in [0.5, 0.6) is 0 Å². The molecule has 0 bridgehead atoms. The van der Waals surface area contributed by atoms with Crippen molar-refractivity contribution in [2.24, 2.45) is 11.3 Å². The van der Waals surface area contributed by atoms with Crippen molar-refractivity contribution in [2.45, 2.75) is 39.8 Å². The average Bonchev–Trinajstić information content (AvgIpc) is 2.81. The summed E-state index contributed by atoms with van der Waals surface area (Å²) in [6.07, 6.45) is 3.57. The molecule has 6 heteroatoms. The topological polar surface area (TPSA) is 69.0 Å². The molecule has 1 aliphatic carbocycles. The molecule has 0 aromatic carbocycles. The van der Waals surface area contributed by atoms with E-state index in [0.717, 1.165) is 25.2 Å². The minimum absolute atomic E-state index is 0.122. The lowest BCUT2D eigenvalue weighted by atomic mass is 10.1. The van der Waals surface area contributed by atoms with Gasteiger partial charge < -0.3 is 14.6 Å². The molecule has 0 unspecified atom stereocenters. The molecule has 1 aromatic heterocycles. The van der Waals surface area contributed by atoms with Gasteiger partial charge in [0, 0.05) is 26.2 Å². The standard InChI is InChI=1S/C13H22N4O2/c1-13(2)7-10(13)12(18)14-8-11-16-15-9-17(11)5-4-6-19-3/h9-10H,4-8H2,1-3H3,(H,14,18)/t10-/m1/s1. The number of aromatic nitrogens is 3. The molecule has 1 saturated carbocycles. The summed E-state index contributed by atoms with van der Waals surface area (Å²) < 4.78 is 6.97. The van der Waals surface area contributed by atoms with Crippen molar-refractivity contribution in [2.75, 3.05) is 13.7 Å². The first kappa shape index (κ1) is 14.0. The second-order valence-corrected chi connectivity index (χ2v) is 5.75. The van der Waals surface area contributed by atoms with Crippen molar-refractivity contribution in [3.63, 3.8) is 0 Å². The van der Waals surface area contributed by atoms with Gasteiger partial charge in [-0.3, -0.25) is 4.79 Å². The zero-order chi connectivity index (χ0) is 13.9. The molecule has 1 aliphatic rings. The molecule has 0 spiro atoms. The summed E-state index contributed by atoms with van der Waals surface area (Å²) in [5.74, 6) is 1.07. The van der Waals surface area contributed by atoms with E-state index in [9.17, 15) is 4.79 Å². The number of nitrogens with zero attached hydrogens (tertiary/aromatic N) is 3. The third-order valence-corrected chi connectivity index (χ3v) is 3.69. The summed E-state index contributed by atoms with van der Waals surface area (Å²) in [5.41, 5.74) is 0.163. The minimum Gasteiger partial charge on any atom is -0.385 e. The van der Waals surface area contributed by atoms with E-state index in [2.05, 4.69) is 29.4 Å². The van der Waals surface area contributed by atoms with Crippen LogP contribution in [0.25, 0.3) is 0 Å². The van der Waals surface area contributed by atoms with E-state index in [0.29, 0.717) is 13.2 Å². The first-order chi connectivity index (χ1) is 9.04. The maximum absolute atomic E-state index is 11.9. The maximum Gasteiger partial charge on any atom is 0.224 e. The quantitative estimate of drug-likeness (QED) is 0.747. The van der Waals surface area contributed by atoms with E-state index < -0.39 is 0 Å². The summed E-state index contributed by atoms with van der Waals surface area (Å²) in [6.45, 7) is 6.19. The highest BCUT2D eigenvalue weighted by Crippen LogP contribution is 2.51. The predicted molar refractivity (Wildman–Crippen MR) is 70.2 cm³/mol. The lowest BCUT2D eigenvalue weighted by Gasteiger charge is -2.08. The number of rotatable bonds is 7. The number of hydrogen-bond acceptors (Lipinski definition) is 4. The Balaban J connectivity index is 1.80. The Kier molecular flexibility index (Phi) is 4.19. The van der Waals surface area contributed by atoms with Crippen LogP contribution in [0.4, 0.5) is 0 Å². The fourth-order valence-electron chi connectivity index (χ4n) is 2.19. The van der Waals surface area contributed by atoms with Crippen LogP contribution >= 0.6 is 0 Å². The van der Waals surface area contributed by atoms with Crippen LogP contribution < -0.4 is 5.32 Å². The van der Waals surface area contributed by atoms with Gasteiger partial charge in [-0.2, -0.15) is 0 Å². The van der Waals surface area contributed by atoms with Crippen LogP contribution in [0.3, 0.4) is 0 Å². The van der Waals surface area contributed by atoms with Crippen molar-refractivity contribution < 1.29 is 9.53 Å². The van der Waals surface area contributed by atoms with E-state index in [1.165, 1.54) is 0 Å². The van der Waals surface area contributed by atoms with Crippen molar-refractivity contribution in [3.8, 4) is 0 Å². The van der Waals surface area contributed by atoms with E-state index in [4.69, 9.17) is 4.74 Å². The maximum atomic E-state index is 11.9. The van der Waals surface area contributed by atoms with Gasteiger partial charge in [0.15, 0.2) is 5.82 Å². The van der Waals surface area contributed by atoms with Crippen molar-refractivity contribution in [3.05, 3.63) is 12.2 Å². The van der Waals surface area contributed by atoms with Crippen LogP contribution in [0.1, 0.15) is 32.5 Å². The van der Waals surface area contributed by atoms with Gasteiger partial charge in [0.05, 0.1) is 6.54 Å². The van der Waals surface area contributed by atoms with Crippen LogP contribution in [-0.2, 0) is 22.6 Å². The van der Waals surface area contributed by atoms with Gasteiger partial charge in [0.25, 0.3) is 0 Å². The van der Waals surface area contributed by atoms with Gasteiger partial charge in [-0.15, -0.1) is 10.2 Å². The molecule has 1 amide bonds. The smallest absolute Gasteiger partial charge is 0.224 e. The Bertz CT molecular complexity index is 442. The van der Waals surface area contributed by atoms with Crippen molar-refractivity contribution in [1.82, 2.24) is 20.1 Å². The molecule has 1 heterocycles. The zero-order valence-corrected chi connectivity index (χ0v) is 11.8. The fraction of sp³-hybridized carbons (Fsp3) is 0.769. The SMILES string of the molecule is COCCCn1cnnc1CNC(=O)[C@H]1CC1(C)C. The average molecular weight is 266 g/mol. The molecule has 1 aromatic rings. The van der Waals surface area contributed by atoms with Crippen LogP contribution in [0.2, 0.25) is 0 Å². The largest absolute Gasteiger partial charge is 0.385 e. The predicted octanol–water partition coefficient (Wildman–Crippen LogP) is 0.977. The zero-order valence-electron chi connectivity index (χ0n) is 11.8. The monoisotopic (exact) mass is 266 g/mol. The van der Waals surface area contributed by atoms with Gasteiger partial charge in [-0.1, -0.05) is 13.8 Å². The summed E-state index contributed by atoms with van der Waals surface area (Å²) in [5, 5.41) is 10.9. The molecule has 0 aliphatic heterocycles. The number of methoxy groups -OCH3 is 1. The van der Waals surface area contributed by atoms with E-state index in [1.54, 1.807) is 13.4 Å². The Morgan fingerprint density at radius 1 is 1.63 bits per heavy atom. The molecule has 0 saturated heterocycles. The molecule has 6 nitrogen and oxygen atoms in total. The molecule has 1 fully saturated rings. The summed E-state index contributed by atoms with van der Waals surface area (Å²) in [4.78, 5) is 11.9. The highest BCUT2D eigenvalue weighted by atomic mass is 16.5. The first-order valence-electron chi connectivity index (χ1n) is 6.68. The molecular weight excluding hydrogens is 244 g/mol. The van der Waals surface area contributed by atoms with Gasteiger partial charge in [0.2, 0.25) is 5.91 Å². The summed E-state index contributed by atoms with van der Waals surface area (Å²) >= 11 is 0. The van der Waals surface area contributed by atoms with Crippen LogP contribution in [0.15, 0.2) is 6.33 Å². The fourth-order valence-corrected chi connectivity index (χ4v) is 2.19. The second kappa shape index (κ2) is 5.69. The number of ether oxygens (including phenoxy) is 1. The molecule has 1 atom stereocenters. The van der Waals surface area contributed by atoms with E-state index in [1.807, 2.05) is 4.57 Å². The van der Waals surface area contributed by atoms with Gasteiger partial charge in [-0.25, -0.2) is 0 Å². The number of hydrogen-bond donors (Lipinski definition) is 1. The summed E-state index contributed by atoms with van der Waals surface area (Å²) in [6, 6.07) is 0. The van der Waals surface area contributed by atoms with Crippen LogP contribution in [0, 0.1) is 11.3 Å². The third-order valence-electron chi connectivity index (χ3n) is 3.69. The Labute approximate surface area is 113 Å². The van der Waals surface area contributed by atoms with Gasteiger partial charge >= 0.3 is 0 Å². The molecule has 19 heavy (non-hydrogen) atoms. The highest BCUT2D eigenvalue weighted by Gasteiger charge is 2.50. The van der Waals surface area contributed by atoms with Crippen molar-refractivity contribution >= 4 is 5.91 Å². The number of carbonyl (C=O) groups is 1. The number of aryl methyl sites for hydroxylation is 1. The van der Waals surface area contributed by atoms with Gasteiger partial charge in [0.1, 0.15) is 6.33 Å². The normalized spacial score (nSPS) is 20.3. The second-order valence-electron chi connectivity index (χ2n) is 5.75. The number of amides is 1. The minimum atomic E-state index is 0.122. The molecule has 2 rings (SSSR count). The Hall–Kier alpha value is -1.43. The van der Waals surface area contributed by atoms with E-state index in [-0.39, 0.29) is 17.2 Å². The molecule has 1 N–H and O–H groups in total. The van der Waals surface area contributed by atoms with E-state index >= 15 is 0 Å².